The summed E-state index contributed by atoms with van der Waals surface area (Å²) in [5.74, 6) is -0.847. The Hall–Kier alpha value is -4.30. The molecule has 2 heterocycles. The fourth-order valence-electron chi connectivity index (χ4n) is 2.52. The van der Waals surface area contributed by atoms with Gasteiger partial charge in [0.2, 0.25) is 5.91 Å². The Morgan fingerprint density at radius 3 is 2.62 bits per heavy atom. The predicted molar refractivity (Wildman–Crippen MR) is 118 cm³/mol. The minimum absolute atomic E-state index is 0.0384. The number of benzene rings is 1. The van der Waals surface area contributed by atoms with Gasteiger partial charge in [-0.25, -0.2) is 9.78 Å². The Morgan fingerprint density at radius 1 is 1.16 bits per heavy atom. The molecular formula is C21H18N6O4S. The number of nitrogens with zero attached hydrogens (tertiary/aromatic N) is 2. The van der Waals surface area contributed by atoms with Crippen molar-refractivity contribution in [1.29, 1.82) is 5.26 Å². The van der Waals surface area contributed by atoms with Gasteiger partial charge in [-0.3, -0.25) is 14.9 Å². The summed E-state index contributed by atoms with van der Waals surface area (Å²) in [6.45, 7) is 0.127. The highest BCUT2D eigenvalue weighted by Gasteiger charge is 2.18. The lowest BCUT2D eigenvalue weighted by atomic mass is 10.2. The average Bonchev–Trinajstić information content (AvgIpc) is 3.30. The first-order valence-corrected chi connectivity index (χ1v) is 10.2. The summed E-state index contributed by atoms with van der Waals surface area (Å²) in [5, 5.41) is 16.9. The van der Waals surface area contributed by atoms with Crippen LogP contribution in [-0.4, -0.2) is 28.6 Å². The van der Waals surface area contributed by atoms with Gasteiger partial charge in [0.25, 0.3) is 5.91 Å². The maximum Gasteiger partial charge on any atom is 0.321 e. The number of carbonyl (C=O) groups excluding carboxylic acids is 3. The van der Waals surface area contributed by atoms with Crippen LogP contribution in [0.1, 0.15) is 21.7 Å². The van der Waals surface area contributed by atoms with Crippen molar-refractivity contribution in [2.75, 3.05) is 16.8 Å². The van der Waals surface area contributed by atoms with Crippen molar-refractivity contribution < 1.29 is 18.8 Å². The molecule has 0 spiro atoms. The number of nitriles is 1. The van der Waals surface area contributed by atoms with Crippen molar-refractivity contribution in [3.8, 4) is 6.07 Å². The highest BCUT2D eigenvalue weighted by Crippen LogP contribution is 2.24. The minimum Gasteiger partial charge on any atom is -0.467 e. The highest BCUT2D eigenvalue weighted by atomic mass is 32.2. The van der Waals surface area contributed by atoms with Gasteiger partial charge in [-0.1, -0.05) is 30.0 Å². The average molecular weight is 450 g/mol. The molecule has 0 saturated carbocycles. The molecule has 4 amide bonds. The molecule has 0 aliphatic rings. The van der Waals surface area contributed by atoms with Crippen molar-refractivity contribution in [1.82, 2.24) is 15.6 Å². The quantitative estimate of drug-likeness (QED) is 0.399. The van der Waals surface area contributed by atoms with Crippen LogP contribution < -0.4 is 21.7 Å². The van der Waals surface area contributed by atoms with E-state index in [0.717, 1.165) is 11.8 Å². The number of hydrogen-bond acceptors (Lipinski definition) is 8. The van der Waals surface area contributed by atoms with E-state index in [2.05, 4.69) is 20.9 Å². The standard InChI is InChI=1S/C21H18N6O4S/c22-10-13-9-16(19(29)25-14-5-2-1-3-6-14)18(23)27-20(13)32-12-17(28)26-21(30)24-11-15-7-4-8-31-15/h1-9H,11-12H2,(H2,23,27)(H,25,29)(H2,24,26,28,30). The van der Waals surface area contributed by atoms with E-state index in [-0.39, 0.29) is 34.3 Å². The van der Waals surface area contributed by atoms with Crippen LogP contribution in [0.4, 0.5) is 16.3 Å². The SMILES string of the molecule is N#Cc1cc(C(=O)Nc2ccccc2)c(N)nc1SCC(=O)NC(=O)NCc1ccco1. The van der Waals surface area contributed by atoms with Gasteiger partial charge in [0.15, 0.2) is 0 Å². The van der Waals surface area contributed by atoms with Crippen LogP contribution in [0, 0.1) is 11.3 Å². The molecule has 3 rings (SSSR count). The molecular weight excluding hydrogens is 432 g/mol. The summed E-state index contributed by atoms with van der Waals surface area (Å²) in [4.78, 5) is 40.4. The van der Waals surface area contributed by atoms with Crippen LogP contribution in [0.25, 0.3) is 0 Å². The van der Waals surface area contributed by atoms with Gasteiger partial charge < -0.3 is 20.8 Å². The summed E-state index contributed by atoms with van der Waals surface area (Å²) >= 11 is 0.920. The second kappa shape index (κ2) is 10.6. The molecule has 10 nitrogen and oxygen atoms in total. The Labute approximate surface area is 187 Å². The number of imide groups is 1. The van der Waals surface area contributed by atoms with E-state index in [4.69, 9.17) is 10.2 Å². The number of nitrogen functional groups attached to an aromatic ring is 1. The lowest BCUT2D eigenvalue weighted by Gasteiger charge is -2.10. The minimum atomic E-state index is -0.687. The molecule has 162 valence electrons. The molecule has 0 aliphatic carbocycles. The van der Waals surface area contributed by atoms with E-state index >= 15 is 0 Å². The monoisotopic (exact) mass is 450 g/mol. The van der Waals surface area contributed by atoms with E-state index in [1.807, 2.05) is 12.1 Å². The Balaban J connectivity index is 1.58. The van der Waals surface area contributed by atoms with Gasteiger partial charge in [0.05, 0.1) is 29.7 Å². The Kier molecular flexibility index (Phi) is 7.45. The summed E-state index contributed by atoms with van der Waals surface area (Å²) in [5.41, 5.74) is 6.59. The number of pyridine rings is 1. The first-order chi connectivity index (χ1) is 15.5. The van der Waals surface area contributed by atoms with Crippen LogP contribution in [0.5, 0.6) is 0 Å². The summed E-state index contributed by atoms with van der Waals surface area (Å²) in [7, 11) is 0. The number of aromatic nitrogens is 1. The van der Waals surface area contributed by atoms with Crippen LogP contribution >= 0.6 is 11.8 Å². The molecule has 0 unspecified atom stereocenters. The lowest BCUT2D eigenvalue weighted by Crippen LogP contribution is -2.39. The molecule has 32 heavy (non-hydrogen) atoms. The normalized spacial score (nSPS) is 10.1. The summed E-state index contributed by atoms with van der Waals surface area (Å²) in [6, 6.07) is 14.7. The zero-order valence-electron chi connectivity index (χ0n) is 16.6. The first-order valence-electron chi connectivity index (χ1n) is 9.26. The summed E-state index contributed by atoms with van der Waals surface area (Å²) < 4.78 is 5.08. The topological polar surface area (TPSA) is 163 Å². The molecule has 5 N–H and O–H groups in total. The van der Waals surface area contributed by atoms with Crippen molar-refractivity contribution in [3.63, 3.8) is 0 Å². The van der Waals surface area contributed by atoms with E-state index in [9.17, 15) is 19.6 Å². The van der Waals surface area contributed by atoms with E-state index < -0.39 is 17.8 Å². The smallest absolute Gasteiger partial charge is 0.321 e. The van der Waals surface area contributed by atoms with Crippen LogP contribution in [0.15, 0.2) is 64.2 Å². The molecule has 11 heteroatoms. The Morgan fingerprint density at radius 2 is 1.94 bits per heavy atom. The second-order valence-electron chi connectivity index (χ2n) is 6.30. The van der Waals surface area contributed by atoms with Crippen molar-refractivity contribution in [2.45, 2.75) is 11.6 Å². The van der Waals surface area contributed by atoms with Gasteiger partial charge >= 0.3 is 6.03 Å². The number of hydrogen-bond donors (Lipinski definition) is 4. The van der Waals surface area contributed by atoms with E-state index in [1.54, 1.807) is 36.4 Å². The van der Waals surface area contributed by atoms with Crippen LogP contribution in [-0.2, 0) is 11.3 Å². The number of carbonyl (C=O) groups is 3. The molecule has 0 aliphatic heterocycles. The number of rotatable bonds is 7. The maximum absolute atomic E-state index is 12.5. The number of thioether (sulfide) groups is 1. The summed E-state index contributed by atoms with van der Waals surface area (Å²) in [6.07, 6.45) is 1.47. The third kappa shape index (κ3) is 6.10. The molecule has 1 aromatic carbocycles. The number of nitrogens with two attached hydrogens (primary N) is 1. The van der Waals surface area contributed by atoms with Gasteiger partial charge in [-0.2, -0.15) is 5.26 Å². The number of anilines is 2. The van der Waals surface area contributed by atoms with Crippen LogP contribution in [0.3, 0.4) is 0 Å². The first kappa shape index (κ1) is 22.4. The van der Waals surface area contributed by atoms with E-state index in [1.165, 1.54) is 12.3 Å². The number of urea groups is 1. The fraction of sp³-hybridized carbons (Fsp3) is 0.0952. The van der Waals surface area contributed by atoms with Crippen molar-refractivity contribution >= 4 is 41.1 Å². The molecule has 0 bridgehead atoms. The molecule has 0 atom stereocenters. The van der Waals surface area contributed by atoms with Gasteiger partial charge in [-0.15, -0.1) is 0 Å². The largest absolute Gasteiger partial charge is 0.467 e. The number of nitrogens with one attached hydrogen (secondary N) is 3. The number of furan rings is 1. The molecule has 0 fully saturated rings. The fourth-order valence-corrected chi connectivity index (χ4v) is 3.29. The molecule has 0 saturated heterocycles. The predicted octanol–water partition coefficient (Wildman–Crippen LogP) is 2.50. The van der Waals surface area contributed by atoms with Crippen molar-refractivity contribution in [3.05, 3.63) is 71.7 Å². The van der Waals surface area contributed by atoms with Crippen LogP contribution in [0.2, 0.25) is 0 Å². The van der Waals surface area contributed by atoms with Gasteiger partial charge in [-0.05, 0) is 30.3 Å². The van der Waals surface area contributed by atoms with Gasteiger partial charge in [0, 0.05) is 5.69 Å². The molecule has 0 radical (unpaired) electrons. The Bertz CT molecular complexity index is 1160. The second-order valence-corrected chi connectivity index (χ2v) is 7.27. The van der Waals surface area contributed by atoms with E-state index in [0.29, 0.717) is 11.4 Å². The maximum atomic E-state index is 12.5. The molecule has 2 aromatic heterocycles. The highest BCUT2D eigenvalue weighted by molar-refractivity contribution is 8.00. The van der Waals surface area contributed by atoms with Gasteiger partial charge in [0.1, 0.15) is 22.7 Å². The zero-order chi connectivity index (χ0) is 22.9. The van der Waals surface area contributed by atoms with Crippen molar-refractivity contribution in [2.24, 2.45) is 0 Å². The number of amides is 4. The number of para-hydroxylation sites is 1. The molecule has 3 aromatic rings. The third-order valence-corrected chi connectivity index (χ3v) is 5.00. The zero-order valence-corrected chi connectivity index (χ0v) is 17.4. The lowest BCUT2D eigenvalue weighted by molar-refractivity contribution is -0.117. The third-order valence-electron chi connectivity index (χ3n) is 4.01.